The van der Waals surface area contributed by atoms with Gasteiger partial charge in [-0.15, -0.1) is 0 Å². The summed E-state index contributed by atoms with van der Waals surface area (Å²) in [6.45, 7) is 3.45. The van der Waals surface area contributed by atoms with Crippen LogP contribution in [-0.2, 0) is 15.8 Å². The molecule has 0 aliphatic heterocycles. The predicted molar refractivity (Wildman–Crippen MR) is 119 cm³/mol. The van der Waals surface area contributed by atoms with Crippen molar-refractivity contribution in [1.29, 1.82) is 0 Å². The minimum absolute atomic E-state index is 0.0526. The Morgan fingerprint density at radius 3 is 2.47 bits per heavy atom. The van der Waals surface area contributed by atoms with Gasteiger partial charge in [-0.1, -0.05) is 37.6 Å². The maximum Gasteiger partial charge on any atom is 0.226 e. The molecule has 0 amide bonds. The van der Waals surface area contributed by atoms with Gasteiger partial charge in [-0.2, -0.15) is 0 Å². The van der Waals surface area contributed by atoms with Gasteiger partial charge in [-0.05, 0) is 61.6 Å². The summed E-state index contributed by atoms with van der Waals surface area (Å²) < 4.78 is 11.7. The van der Waals surface area contributed by atoms with Crippen LogP contribution >= 0.6 is 7.37 Å². The number of Topliss-reactive ketones (excluding diaryl/α,β-unsaturated/α-hetero) is 1. The van der Waals surface area contributed by atoms with Crippen LogP contribution in [0.1, 0.15) is 57.4 Å². The van der Waals surface area contributed by atoms with E-state index < -0.39 is 13.5 Å². The average Bonchev–Trinajstić information content (AvgIpc) is 2.92. The van der Waals surface area contributed by atoms with Crippen LogP contribution in [0, 0.1) is 17.3 Å². The lowest BCUT2D eigenvalue weighted by molar-refractivity contribution is -0.121. The number of rotatable bonds is 9. The van der Waals surface area contributed by atoms with E-state index in [0.29, 0.717) is 24.6 Å². The largest absolute Gasteiger partial charge is 0.392 e. The molecule has 3 rings (SSSR count). The number of hydrogen-bond acceptors (Lipinski definition) is 4. The van der Waals surface area contributed by atoms with Gasteiger partial charge in [-0.3, -0.25) is 9.36 Å². The first kappa shape index (κ1) is 23.4. The highest BCUT2D eigenvalue weighted by molar-refractivity contribution is 7.65. The molecule has 5 atom stereocenters. The molecule has 2 saturated carbocycles. The summed E-state index contributed by atoms with van der Waals surface area (Å²) in [5.41, 5.74) is 1.06. The van der Waals surface area contributed by atoms with E-state index >= 15 is 0 Å². The van der Waals surface area contributed by atoms with E-state index in [1.807, 2.05) is 24.3 Å². The van der Waals surface area contributed by atoms with Crippen molar-refractivity contribution in [3.05, 3.63) is 42.0 Å². The fourth-order valence-electron chi connectivity index (χ4n) is 5.02. The Hall–Kier alpha value is -1.26. The minimum Gasteiger partial charge on any atom is -0.392 e. The maximum absolute atomic E-state index is 12.4. The predicted octanol–water partition coefficient (Wildman–Crippen LogP) is 3.60. The minimum atomic E-state index is -3.26. The third kappa shape index (κ3) is 5.13. The van der Waals surface area contributed by atoms with Gasteiger partial charge in [0.25, 0.3) is 0 Å². The zero-order valence-electron chi connectivity index (χ0n) is 18.0. The summed E-state index contributed by atoms with van der Waals surface area (Å²) in [5.74, 6) is -0.352. The monoisotopic (exact) mass is 434 g/mol. The molecular weight excluding hydrogens is 399 g/mol. The molecule has 166 valence electrons. The fourth-order valence-corrected chi connectivity index (χ4v) is 5.72. The number of hydrogen-bond donors (Lipinski definition) is 3. The Kier molecular flexibility index (Phi) is 7.40. The van der Waals surface area contributed by atoms with Gasteiger partial charge in [0.15, 0.2) is 0 Å². The second-order valence-corrected chi connectivity index (χ2v) is 11.5. The van der Waals surface area contributed by atoms with Crippen LogP contribution in [0.5, 0.6) is 0 Å². The van der Waals surface area contributed by atoms with Crippen LogP contribution in [0.2, 0.25) is 0 Å². The maximum atomic E-state index is 12.4. The van der Waals surface area contributed by atoms with E-state index in [1.54, 1.807) is 12.1 Å². The molecule has 1 aromatic carbocycles. The van der Waals surface area contributed by atoms with E-state index in [0.717, 1.165) is 24.8 Å². The van der Waals surface area contributed by atoms with Gasteiger partial charge in [0.05, 0.1) is 12.2 Å². The van der Waals surface area contributed by atoms with Crippen molar-refractivity contribution in [2.45, 2.75) is 70.5 Å². The SMILES string of the molecule is CCC1(C(O)C/C=C/[C@H]2[C@H](O)CC(=O)[C@@H]2CCc2ccc(P(C)(=O)O)cc2)CCC1. The second kappa shape index (κ2) is 9.48. The number of carbonyl (C=O) groups excluding carboxylic acids is 1. The third-order valence-corrected chi connectivity index (χ3v) is 8.63. The molecule has 0 heterocycles. The van der Waals surface area contributed by atoms with Crippen molar-refractivity contribution in [3.8, 4) is 0 Å². The zero-order valence-corrected chi connectivity index (χ0v) is 18.9. The molecule has 0 aromatic heterocycles. The van der Waals surface area contributed by atoms with E-state index in [2.05, 4.69) is 6.92 Å². The van der Waals surface area contributed by atoms with Crippen molar-refractivity contribution in [3.63, 3.8) is 0 Å². The van der Waals surface area contributed by atoms with Gasteiger partial charge < -0.3 is 15.1 Å². The van der Waals surface area contributed by atoms with Crippen LogP contribution in [0.15, 0.2) is 36.4 Å². The Labute approximate surface area is 179 Å². The molecular formula is C24H35O5P. The Balaban J connectivity index is 1.59. The van der Waals surface area contributed by atoms with E-state index in [9.17, 15) is 24.5 Å². The highest BCUT2D eigenvalue weighted by atomic mass is 31.2. The summed E-state index contributed by atoms with van der Waals surface area (Å²) in [5, 5.41) is 21.4. The van der Waals surface area contributed by atoms with Crippen molar-refractivity contribution in [1.82, 2.24) is 0 Å². The summed E-state index contributed by atoms with van der Waals surface area (Å²) in [6.07, 6.45) is 9.25. The lowest BCUT2D eigenvalue weighted by Crippen LogP contribution is -2.40. The van der Waals surface area contributed by atoms with E-state index in [-0.39, 0.29) is 35.6 Å². The first-order valence-electron chi connectivity index (χ1n) is 11.1. The number of aryl methyl sites for hydroxylation is 1. The molecule has 0 bridgehead atoms. The normalized spacial score (nSPS) is 29.0. The molecule has 0 spiro atoms. The molecule has 30 heavy (non-hydrogen) atoms. The summed E-state index contributed by atoms with van der Waals surface area (Å²) >= 11 is 0. The number of aliphatic hydroxyl groups excluding tert-OH is 2. The smallest absolute Gasteiger partial charge is 0.226 e. The Morgan fingerprint density at radius 1 is 1.27 bits per heavy atom. The van der Waals surface area contributed by atoms with Crippen LogP contribution < -0.4 is 5.30 Å². The van der Waals surface area contributed by atoms with Crippen molar-refractivity contribution >= 4 is 18.5 Å². The molecule has 2 fully saturated rings. The molecule has 3 N–H and O–H groups in total. The fraction of sp³-hybridized carbons (Fsp3) is 0.625. The van der Waals surface area contributed by atoms with Gasteiger partial charge in [0.1, 0.15) is 5.78 Å². The van der Waals surface area contributed by atoms with Crippen molar-refractivity contribution in [2.75, 3.05) is 6.66 Å². The summed E-state index contributed by atoms with van der Waals surface area (Å²) in [7, 11) is -3.26. The highest BCUT2D eigenvalue weighted by Gasteiger charge is 2.42. The van der Waals surface area contributed by atoms with Crippen LogP contribution in [0.25, 0.3) is 0 Å². The van der Waals surface area contributed by atoms with Crippen molar-refractivity contribution in [2.24, 2.45) is 17.3 Å². The van der Waals surface area contributed by atoms with Crippen molar-refractivity contribution < 1.29 is 24.5 Å². The summed E-state index contributed by atoms with van der Waals surface area (Å²) in [6, 6.07) is 7.01. The number of carbonyl (C=O) groups is 1. The molecule has 6 heteroatoms. The molecule has 1 aromatic rings. The van der Waals surface area contributed by atoms with Gasteiger partial charge in [0, 0.05) is 30.2 Å². The second-order valence-electron chi connectivity index (χ2n) is 9.25. The first-order valence-corrected chi connectivity index (χ1v) is 13.2. The molecule has 2 unspecified atom stereocenters. The standard InChI is InChI=1S/C24H35O5P/c1-3-24(14-5-15-24)23(27)7-4-6-19-20(22(26)16-21(19)25)13-10-17-8-11-18(12-9-17)30(2,28)29/h4,6,8-9,11-12,19-21,23,25,27H,3,5,7,10,13-16H2,1-2H3,(H,28,29)/b6-4+/t19-,20-,21-,23?/m1/s1. The van der Waals surface area contributed by atoms with Gasteiger partial charge >= 0.3 is 0 Å². The van der Waals surface area contributed by atoms with E-state index in [1.165, 1.54) is 13.1 Å². The number of benzene rings is 1. The molecule has 2 aliphatic rings. The van der Waals surface area contributed by atoms with E-state index in [4.69, 9.17) is 0 Å². The van der Waals surface area contributed by atoms with Crippen LogP contribution in [-0.4, -0.2) is 39.8 Å². The Bertz CT molecular complexity index is 800. The van der Waals surface area contributed by atoms with Gasteiger partial charge in [-0.25, -0.2) is 0 Å². The Morgan fingerprint density at radius 2 is 1.93 bits per heavy atom. The molecule has 0 saturated heterocycles. The lowest BCUT2D eigenvalue weighted by Gasteiger charge is -2.45. The van der Waals surface area contributed by atoms with Gasteiger partial charge in [0.2, 0.25) is 7.37 Å². The lowest BCUT2D eigenvalue weighted by atomic mass is 9.63. The number of aliphatic hydroxyl groups is 2. The third-order valence-electron chi connectivity index (χ3n) is 7.37. The van der Waals surface area contributed by atoms with Crippen LogP contribution in [0.3, 0.4) is 0 Å². The first-order chi connectivity index (χ1) is 14.2. The topological polar surface area (TPSA) is 94.8 Å². The molecule has 2 aliphatic carbocycles. The molecule has 5 nitrogen and oxygen atoms in total. The highest BCUT2D eigenvalue weighted by Crippen LogP contribution is 2.47. The van der Waals surface area contributed by atoms with Crippen LogP contribution in [0.4, 0.5) is 0 Å². The quantitative estimate of drug-likeness (QED) is 0.408. The average molecular weight is 435 g/mol. The molecule has 0 radical (unpaired) electrons. The number of ketones is 1. The summed E-state index contributed by atoms with van der Waals surface area (Å²) in [4.78, 5) is 22.1. The zero-order chi connectivity index (χ0) is 21.9.